The Bertz CT molecular complexity index is 425. The summed E-state index contributed by atoms with van der Waals surface area (Å²) in [6.07, 6.45) is 0.971. The Labute approximate surface area is 100 Å². The van der Waals surface area contributed by atoms with Crippen LogP contribution in [0.25, 0.3) is 0 Å². The van der Waals surface area contributed by atoms with Crippen molar-refractivity contribution in [3.63, 3.8) is 0 Å². The van der Waals surface area contributed by atoms with Crippen molar-refractivity contribution in [3.05, 3.63) is 52.5 Å². The fourth-order valence-electron chi connectivity index (χ4n) is 1.49. The molecule has 0 N–H and O–H groups in total. The van der Waals surface area contributed by atoms with Crippen LogP contribution >= 0.6 is 11.5 Å². The SMILES string of the molecule is Cc1cc(COCCc2ccccc2)sn1. The van der Waals surface area contributed by atoms with Crippen molar-refractivity contribution in [2.24, 2.45) is 0 Å². The van der Waals surface area contributed by atoms with Crippen LogP contribution in [0.4, 0.5) is 0 Å². The fourth-order valence-corrected chi connectivity index (χ4v) is 2.17. The van der Waals surface area contributed by atoms with Gasteiger partial charge in [-0.2, -0.15) is 4.37 Å². The largest absolute Gasteiger partial charge is 0.376 e. The highest BCUT2D eigenvalue weighted by atomic mass is 32.1. The maximum absolute atomic E-state index is 5.61. The summed E-state index contributed by atoms with van der Waals surface area (Å²) in [6, 6.07) is 12.5. The first-order valence-electron chi connectivity index (χ1n) is 5.38. The average Bonchev–Trinajstić information content (AvgIpc) is 2.72. The molecule has 2 aromatic rings. The van der Waals surface area contributed by atoms with E-state index in [4.69, 9.17) is 4.74 Å². The molecule has 1 aromatic heterocycles. The Morgan fingerprint density at radius 2 is 2.06 bits per heavy atom. The predicted octanol–water partition coefficient (Wildman–Crippen LogP) is 3.21. The number of hydrogen-bond donors (Lipinski definition) is 0. The summed E-state index contributed by atoms with van der Waals surface area (Å²) < 4.78 is 9.82. The molecular formula is C13H15NOS. The van der Waals surface area contributed by atoms with E-state index in [9.17, 15) is 0 Å². The summed E-state index contributed by atoms with van der Waals surface area (Å²) in [4.78, 5) is 1.20. The van der Waals surface area contributed by atoms with E-state index < -0.39 is 0 Å². The molecule has 1 aromatic carbocycles. The molecule has 0 aliphatic heterocycles. The molecule has 0 saturated carbocycles. The highest BCUT2D eigenvalue weighted by molar-refractivity contribution is 7.05. The lowest BCUT2D eigenvalue weighted by atomic mass is 10.2. The van der Waals surface area contributed by atoms with Crippen LogP contribution in [0.15, 0.2) is 36.4 Å². The predicted molar refractivity (Wildman–Crippen MR) is 66.7 cm³/mol. The van der Waals surface area contributed by atoms with Gasteiger partial charge in [-0.15, -0.1) is 0 Å². The van der Waals surface area contributed by atoms with E-state index >= 15 is 0 Å². The van der Waals surface area contributed by atoms with E-state index in [2.05, 4.69) is 34.7 Å². The lowest BCUT2D eigenvalue weighted by Gasteiger charge is -2.02. The van der Waals surface area contributed by atoms with E-state index in [0.29, 0.717) is 6.61 Å². The Morgan fingerprint density at radius 1 is 1.25 bits per heavy atom. The summed E-state index contributed by atoms with van der Waals surface area (Å²) in [7, 11) is 0. The number of ether oxygens (including phenoxy) is 1. The molecule has 0 spiro atoms. The van der Waals surface area contributed by atoms with Gasteiger partial charge in [0.15, 0.2) is 0 Å². The van der Waals surface area contributed by atoms with Gasteiger partial charge in [0.05, 0.1) is 23.8 Å². The number of aryl methyl sites for hydroxylation is 1. The second-order valence-corrected chi connectivity index (χ2v) is 4.61. The van der Waals surface area contributed by atoms with Crippen LogP contribution in [0.5, 0.6) is 0 Å². The Morgan fingerprint density at radius 3 is 2.75 bits per heavy atom. The Balaban J connectivity index is 1.69. The van der Waals surface area contributed by atoms with Crippen LogP contribution < -0.4 is 0 Å². The van der Waals surface area contributed by atoms with Crippen LogP contribution in [-0.2, 0) is 17.8 Å². The highest BCUT2D eigenvalue weighted by Crippen LogP contribution is 2.10. The first kappa shape index (κ1) is 11.3. The van der Waals surface area contributed by atoms with E-state index in [-0.39, 0.29) is 0 Å². The molecule has 2 nitrogen and oxygen atoms in total. The second-order valence-electron chi connectivity index (χ2n) is 3.72. The third-order valence-electron chi connectivity index (χ3n) is 2.30. The molecular weight excluding hydrogens is 218 g/mol. The van der Waals surface area contributed by atoms with E-state index in [1.54, 1.807) is 0 Å². The third-order valence-corrected chi connectivity index (χ3v) is 3.15. The minimum absolute atomic E-state index is 0.679. The number of hydrogen-bond acceptors (Lipinski definition) is 3. The van der Waals surface area contributed by atoms with Gasteiger partial charge in [0, 0.05) is 0 Å². The summed E-state index contributed by atoms with van der Waals surface area (Å²) in [5, 5.41) is 0. The molecule has 1 heterocycles. The highest BCUT2D eigenvalue weighted by Gasteiger charge is 1.98. The van der Waals surface area contributed by atoms with Crippen molar-refractivity contribution in [1.29, 1.82) is 0 Å². The van der Waals surface area contributed by atoms with Gasteiger partial charge >= 0.3 is 0 Å². The standard InChI is InChI=1S/C13H15NOS/c1-11-9-13(16-14-11)10-15-8-7-12-5-3-2-4-6-12/h2-6,9H,7-8,10H2,1H3. The van der Waals surface area contributed by atoms with Crippen LogP contribution in [0.1, 0.15) is 16.1 Å². The van der Waals surface area contributed by atoms with E-state index in [1.165, 1.54) is 22.0 Å². The number of aromatic nitrogens is 1. The molecule has 0 unspecified atom stereocenters. The summed E-state index contributed by atoms with van der Waals surface area (Å²) in [6.45, 7) is 3.45. The summed E-state index contributed by atoms with van der Waals surface area (Å²) in [5.74, 6) is 0. The van der Waals surface area contributed by atoms with Crippen molar-refractivity contribution in [2.75, 3.05) is 6.61 Å². The first-order valence-corrected chi connectivity index (χ1v) is 6.16. The van der Waals surface area contributed by atoms with Gasteiger partial charge in [0.2, 0.25) is 0 Å². The molecule has 0 aliphatic carbocycles. The molecule has 0 atom stereocenters. The zero-order valence-corrected chi connectivity index (χ0v) is 10.2. The minimum atomic E-state index is 0.679. The monoisotopic (exact) mass is 233 g/mol. The zero-order valence-electron chi connectivity index (χ0n) is 9.35. The average molecular weight is 233 g/mol. The third kappa shape index (κ3) is 3.43. The molecule has 16 heavy (non-hydrogen) atoms. The molecule has 0 aliphatic rings. The summed E-state index contributed by atoms with van der Waals surface area (Å²) >= 11 is 1.52. The van der Waals surface area contributed by atoms with Crippen LogP contribution in [-0.4, -0.2) is 11.0 Å². The van der Waals surface area contributed by atoms with Gasteiger partial charge in [-0.05, 0) is 36.5 Å². The fraction of sp³-hybridized carbons (Fsp3) is 0.308. The lowest BCUT2D eigenvalue weighted by Crippen LogP contribution is -1.97. The van der Waals surface area contributed by atoms with Gasteiger partial charge in [-0.1, -0.05) is 30.3 Å². The molecule has 0 fully saturated rings. The van der Waals surface area contributed by atoms with Gasteiger partial charge in [-0.3, -0.25) is 0 Å². The van der Waals surface area contributed by atoms with Crippen molar-refractivity contribution >= 4 is 11.5 Å². The van der Waals surface area contributed by atoms with Gasteiger partial charge < -0.3 is 4.74 Å². The Hall–Kier alpha value is -1.19. The van der Waals surface area contributed by atoms with Crippen LogP contribution in [0.3, 0.4) is 0 Å². The topological polar surface area (TPSA) is 22.1 Å². The second kappa shape index (κ2) is 5.77. The summed E-state index contributed by atoms with van der Waals surface area (Å²) in [5.41, 5.74) is 2.40. The Kier molecular flexibility index (Phi) is 4.08. The minimum Gasteiger partial charge on any atom is -0.376 e. The van der Waals surface area contributed by atoms with Crippen molar-refractivity contribution in [2.45, 2.75) is 20.0 Å². The van der Waals surface area contributed by atoms with Gasteiger partial charge in [0.1, 0.15) is 0 Å². The van der Waals surface area contributed by atoms with Crippen molar-refractivity contribution < 1.29 is 4.74 Å². The lowest BCUT2D eigenvalue weighted by molar-refractivity contribution is 0.126. The zero-order chi connectivity index (χ0) is 11.2. The molecule has 0 radical (unpaired) electrons. The van der Waals surface area contributed by atoms with Gasteiger partial charge in [0.25, 0.3) is 0 Å². The molecule has 0 saturated heterocycles. The molecule has 2 rings (SSSR count). The maximum Gasteiger partial charge on any atom is 0.0825 e. The first-order chi connectivity index (χ1) is 7.84. The van der Waals surface area contributed by atoms with Crippen molar-refractivity contribution in [3.8, 4) is 0 Å². The van der Waals surface area contributed by atoms with E-state index in [1.807, 2.05) is 13.0 Å². The van der Waals surface area contributed by atoms with Crippen LogP contribution in [0, 0.1) is 6.92 Å². The molecule has 0 amide bonds. The molecule has 0 bridgehead atoms. The quantitative estimate of drug-likeness (QED) is 0.740. The molecule has 84 valence electrons. The smallest absolute Gasteiger partial charge is 0.0825 e. The van der Waals surface area contributed by atoms with E-state index in [0.717, 1.165) is 18.7 Å². The van der Waals surface area contributed by atoms with Crippen LogP contribution in [0.2, 0.25) is 0 Å². The maximum atomic E-state index is 5.61. The normalized spacial score (nSPS) is 10.6. The van der Waals surface area contributed by atoms with Gasteiger partial charge in [-0.25, -0.2) is 0 Å². The number of nitrogens with zero attached hydrogens (tertiary/aromatic N) is 1. The number of benzene rings is 1. The van der Waals surface area contributed by atoms with Crippen molar-refractivity contribution in [1.82, 2.24) is 4.37 Å². The number of rotatable bonds is 5. The molecule has 3 heteroatoms.